The van der Waals surface area contributed by atoms with Gasteiger partial charge < -0.3 is 13.8 Å². The van der Waals surface area contributed by atoms with Gasteiger partial charge in [0.2, 0.25) is 0 Å². The van der Waals surface area contributed by atoms with Gasteiger partial charge in [0.1, 0.15) is 11.2 Å². The molecule has 10 aromatic rings. The summed E-state index contributed by atoms with van der Waals surface area (Å²) in [7, 11) is 0. The van der Waals surface area contributed by atoms with Gasteiger partial charge in [-0.25, -0.2) is 0 Å². The Morgan fingerprint density at radius 3 is 2.08 bits per heavy atom. The van der Waals surface area contributed by atoms with Crippen LogP contribution >= 0.6 is 11.3 Å². The van der Waals surface area contributed by atoms with Crippen LogP contribution in [0.1, 0.15) is 82.2 Å². The van der Waals surface area contributed by atoms with E-state index in [1.807, 2.05) is 11.3 Å². The number of hydrogen-bond acceptors (Lipinski definition) is 3. The van der Waals surface area contributed by atoms with Crippen molar-refractivity contribution in [1.29, 1.82) is 0 Å². The zero-order valence-corrected chi connectivity index (χ0v) is 36.6. The molecule has 3 aromatic heterocycles. The number of aromatic nitrogens is 1. The van der Waals surface area contributed by atoms with Crippen molar-refractivity contribution in [2.75, 3.05) is 4.90 Å². The zero-order valence-electron chi connectivity index (χ0n) is 35.7. The lowest BCUT2D eigenvalue weighted by atomic mass is 9.44. The van der Waals surface area contributed by atoms with Crippen LogP contribution in [0.4, 0.5) is 17.1 Å². The summed E-state index contributed by atoms with van der Waals surface area (Å²) < 4.78 is 12.7. The van der Waals surface area contributed by atoms with Crippen molar-refractivity contribution in [3.8, 4) is 22.3 Å². The van der Waals surface area contributed by atoms with Gasteiger partial charge in [-0.3, -0.25) is 0 Å². The van der Waals surface area contributed by atoms with Gasteiger partial charge in [0.25, 0.3) is 0 Å². The topological polar surface area (TPSA) is 21.3 Å². The average Bonchev–Trinajstić information content (AvgIpc) is 3.98. The number of furan rings is 1. The van der Waals surface area contributed by atoms with Crippen molar-refractivity contribution in [2.45, 2.75) is 77.6 Å². The van der Waals surface area contributed by atoms with E-state index in [0.717, 1.165) is 16.6 Å². The Balaban J connectivity index is 1.22. The van der Waals surface area contributed by atoms with Crippen LogP contribution < -0.4 is 15.8 Å². The molecule has 0 N–H and O–H groups in total. The summed E-state index contributed by atoms with van der Waals surface area (Å²) in [6.45, 7) is 16.9. The fourth-order valence-corrected chi connectivity index (χ4v) is 13.8. The summed E-state index contributed by atoms with van der Waals surface area (Å²) in [6.07, 6.45) is 2.36. The minimum absolute atomic E-state index is 0.0550. The van der Waals surface area contributed by atoms with Gasteiger partial charge in [0.05, 0.1) is 10.2 Å². The molecule has 0 atom stereocenters. The van der Waals surface area contributed by atoms with Crippen molar-refractivity contribution < 1.29 is 4.42 Å². The monoisotopic (exact) mass is 804 g/mol. The molecule has 7 aromatic carbocycles. The van der Waals surface area contributed by atoms with E-state index in [0.29, 0.717) is 0 Å². The molecule has 5 heteroatoms. The smallest absolute Gasteiger partial charge is 0.337 e. The van der Waals surface area contributed by atoms with Crippen molar-refractivity contribution in [3.63, 3.8) is 0 Å². The fraction of sp³-hybridized carbons (Fsp3) is 0.214. The number of fused-ring (bicyclic) bond motifs is 18. The maximum atomic E-state index is 7.21. The van der Waals surface area contributed by atoms with Gasteiger partial charge in [0, 0.05) is 65.3 Å². The molecule has 294 valence electrons. The van der Waals surface area contributed by atoms with Crippen molar-refractivity contribution in [2.24, 2.45) is 0 Å². The summed E-state index contributed by atoms with van der Waals surface area (Å²) in [6, 6.07) is 46.5. The van der Waals surface area contributed by atoms with Crippen LogP contribution in [0.3, 0.4) is 0 Å². The van der Waals surface area contributed by atoms with E-state index in [2.05, 4.69) is 179 Å². The largest absolute Gasteiger partial charge is 0.456 e. The van der Waals surface area contributed by atoms with E-state index >= 15 is 0 Å². The number of hydrogen-bond donors (Lipinski definition) is 0. The first-order valence-electron chi connectivity index (χ1n) is 22.1. The molecule has 3 nitrogen and oxygen atoms in total. The number of benzene rings is 7. The van der Waals surface area contributed by atoms with Gasteiger partial charge in [-0.2, -0.15) is 0 Å². The van der Waals surface area contributed by atoms with Crippen LogP contribution in [0.25, 0.3) is 75.4 Å². The molecular weight excluding hydrogens is 760 g/mol. The normalized spacial score (nSPS) is 17.3. The van der Waals surface area contributed by atoms with Crippen molar-refractivity contribution >= 4 is 99.3 Å². The summed E-state index contributed by atoms with van der Waals surface area (Å²) in [5.41, 5.74) is 23.4. The first-order chi connectivity index (χ1) is 29.4. The number of anilines is 3. The summed E-state index contributed by atoms with van der Waals surface area (Å²) in [4.78, 5) is 2.67. The van der Waals surface area contributed by atoms with Crippen LogP contribution in [-0.4, -0.2) is 11.3 Å². The van der Waals surface area contributed by atoms with Crippen LogP contribution in [0, 0.1) is 6.92 Å². The third-order valence-corrected chi connectivity index (χ3v) is 16.9. The zero-order chi connectivity index (χ0) is 41.1. The molecule has 2 aliphatic heterocycles. The molecule has 0 spiro atoms. The first kappa shape index (κ1) is 34.7. The maximum absolute atomic E-state index is 7.21. The minimum Gasteiger partial charge on any atom is -0.456 e. The number of thiophene rings is 1. The molecule has 0 amide bonds. The maximum Gasteiger partial charge on any atom is 0.337 e. The SMILES string of the molecule is Cc1cc2c(cc1N1c3cc4c(c5c3B(c3c1ccc1c3oc3ccccc31)n1c3c-5cccc3c3sc5ccccc5c31)-c1ccccc1C4(C)C)C(C)(C)CCC2(C)C. The van der Waals surface area contributed by atoms with Crippen LogP contribution in [-0.2, 0) is 16.2 Å². The molecule has 14 rings (SSSR count). The number of para-hydroxylation sites is 2. The van der Waals surface area contributed by atoms with Gasteiger partial charge in [-0.15, -0.1) is 11.3 Å². The fourth-order valence-electron chi connectivity index (χ4n) is 12.6. The van der Waals surface area contributed by atoms with Crippen LogP contribution in [0.15, 0.2) is 126 Å². The van der Waals surface area contributed by atoms with E-state index < -0.39 is 0 Å². The Labute approximate surface area is 360 Å². The molecule has 61 heavy (non-hydrogen) atoms. The van der Waals surface area contributed by atoms with Gasteiger partial charge in [-0.05, 0) is 117 Å². The first-order valence-corrected chi connectivity index (χ1v) is 22.9. The highest BCUT2D eigenvalue weighted by Gasteiger charge is 2.50. The molecule has 0 unspecified atom stereocenters. The Morgan fingerprint density at radius 2 is 1.25 bits per heavy atom. The lowest BCUT2D eigenvalue weighted by Crippen LogP contribution is -2.57. The highest BCUT2D eigenvalue weighted by atomic mass is 32.1. The van der Waals surface area contributed by atoms with E-state index in [1.165, 1.54) is 127 Å². The Kier molecular flexibility index (Phi) is 6.29. The van der Waals surface area contributed by atoms with Crippen molar-refractivity contribution in [1.82, 2.24) is 4.48 Å². The highest BCUT2D eigenvalue weighted by Crippen LogP contribution is 2.58. The predicted molar refractivity (Wildman–Crippen MR) is 260 cm³/mol. The second-order valence-electron chi connectivity index (χ2n) is 20.3. The number of aryl methyl sites for hydroxylation is 1. The Morgan fingerprint density at radius 1 is 0.557 bits per heavy atom. The Hall–Kier alpha value is -6.04. The molecule has 0 saturated heterocycles. The molecule has 5 heterocycles. The van der Waals surface area contributed by atoms with Crippen LogP contribution in [0.2, 0.25) is 0 Å². The molecule has 4 aliphatic rings. The summed E-state index contributed by atoms with van der Waals surface area (Å²) in [5.74, 6) is 0. The molecule has 0 radical (unpaired) electrons. The highest BCUT2D eigenvalue weighted by molar-refractivity contribution is 7.27. The third kappa shape index (κ3) is 4.08. The molecule has 0 fully saturated rings. The predicted octanol–water partition coefficient (Wildman–Crippen LogP) is 14.3. The van der Waals surface area contributed by atoms with Gasteiger partial charge in [-0.1, -0.05) is 126 Å². The molecule has 0 bridgehead atoms. The van der Waals surface area contributed by atoms with Gasteiger partial charge >= 0.3 is 6.85 Å². The molecular formula is C56H45BN2OS. The molecule has 2 aliphatic carbocycles. The quantitative estimate of drug-likeness (QED) is 0.154. The average molecular weight is 805 g/mol. The third-order valence-electron chi connectivity index (χ3n) is 15.7. The second-order valence-corrected chi connectivity index (χ2v) is 21.3. The number of nitrogens with zero attached hydrogens (tertiary/aromatic N) is 2. The Bertz CT molecular complexity index is 3670. The van der Waals surface area contributed by atoms with Crippen LogP contribution in [0.5, 0.6) is 0 Å². The van der Waals surface area contributed by atoms with Gasteiger partial charge in [0.15, 0.2) is 0 Å². The van der Waals surface area contributed by atoms with E-state index in [4.69, 9.17) is 4.42 Å². The summed E-state index contributed by atoms with van der Waals surface area (Å²) in [5, 5.41) is 4.99. The van der Waals surface area contributed by atoms with Crippen molar-refractivity contribution in [3.05, 3.63) is 149 Å². The van der Waals surface area contributed by atoms with E-state index in [1.54, 1.807) is 0 Å². The number of rotatable bonds is 1. The second kappa shape index (κ2) is 11.1. The minimum atomic E-state index is -0.192. The summed E-state index contributed by atoms with van der Waals surface area (Å²) >= 11 is 1.94. The lowest BCUT2D eigenvalue weighted by molar-refractivity contribution is 0.332. The molecule has 0 saturated carbocycles. The van der Waals surface area contributed by atoms with E-state index in [-0.39, 0.29) is 23.1 Å². The standard InChI is InChI=1S/C56H45BN2OS/c1-30-27-38-39(55(4,5)26-25-54(38,2)3)28-42(30)58-41-24-23-32-31-15-9-12-21-44(31)60-52(32)49(41)57-48-43(58)29-40-46(33-16-8-11-20-37(33)56(40,6)7)47(48)35-18-14-19-36-50(35)59(57)51-34-17-10-13-22-45(34)61-53(36)51/h8-24,27-29H,25-26H2,1-7H3. The van der Waals surface area contributed by atoms with E-state index in [9.17, 15) is 0 Å². The lowest BCUT2D eigenvalue weighted by Gasteiger charge is -2.45.